The minimum atomic E-state index is -5.08. The summed E-state index contributed by atoms with van der Waals surface area (Å²) in [6.45, 7) is 2.37. The predicted octanol–water partition coefficient (Wildman–Crippen LogP) is 2.25. The molecule has 0 spiro atoms. The number of aromatic nitrogens is 3. The number of hydrogen-bond acceptors (Lipinski definition) is 6. The molecule has 13 heteroatoms. The molecule has 1 aliphatic heterocycles. The van der Waals surface area contributed by atoms with Gasteiger partial charge in [0.1, 0.15) is 5.69 Å². The molecule has 0 radical (unpaired) electrons. The molecule has 0 saturated carbocycles. The minimum absolute atomic E-state index is 0.0547. The first kappa shape index (κ1) is 25.6. The van der Waals surface area contributed by atoms with Crippen LogP contribution in [0.15, 0.2) is 55.0 Å². The molecule has 3 heterocycles. The summed E-state index contributed by atoms with van der Waals surface area (Å²) in [6, 6.07) is 11.9. The van der Waals surface area contributed by atoms with Gasteiger partial charge in [-0.05, 0) is 37.6 Å². The monoisotopic (exact) mass is 492 g/mol. The molecule has 1 atom stereocenters. The van der Waals surface area contributed by atoms with Gasteiger partial charge in [-0.3, -0.25) is 14.5 Å². The predicted molar refractivity (Wildman–Crippen MR) is 118 cm³/mol. The Hall–Kier alpha value is -4.00. The number of rotatable bonds is 5. The molecule has 1 unspecified atom stereocenters. The number of nitrogens with one attached hydrogen (secondary N) is 2. The van der Waals surface area contributed by atoms with Gasteiger partial charge in [-0.2, -0.15) is 18.3 Å². The number of halogens is 3. The number of hydrogen-bond donors (Lipinski definition) is 3. The smallest absolute Gasteiger partial charge is 0.475 e. The summed E-state index contributed by atoms with van der Waals surface area (Å²) in [7, 11) is 0. The lowest BCUT2D eigenvalue weighted by Crippen LogP contribution is -2.41. The Morgan fingerprint density at radius 2 is 1.71 bits per heavy atom. The summed E-state index contributed by atoms with van der Waals surface area (Å²) in [5.41, 5.74) is 2.03. The summed E-state index contributed by atoms with van der Waals surface area (Å²) in [5.74, 6) is -4.16. The zero-order valence-corrected chi connectivity index (χ0v) is 18.4. The van der Waals surface area contributed by atoms with Gasteiger partial charge in [0.2, 0.25) is 0 Å². The molecule has 3 aromatic rings. The Labute approximate surface area is 197 Å². The first-order chi connectivity index (χ1) is 16.7. The Morgan fingerprint density at radius 1 is 1.06 bits per heavy atom. The van der Waals surface area contributed by atoms with Gasteiger partial charge in [0, 0.05) is 18.9 Å². The van der Waals surface area contributed by atoms with E-state index in [1.54, 1.807) is 18.5 Å². The van der Waals surface area contributed by atoms with Crippen LogP contribution in [-0.2, 0) is 14.4 Å². The van der Waals surface area contributed by atoms with Crippen LogP contribution in [0.25, 0.3) is 5.65 Å². The molecule has 3 N–H and O–H groups in total. The van der Waals surface area contributed by atoms with E-state index in [2.05, 4.69) is 37.7 Å². The van der Waals surface area contributed by atoms with Gasteiger partial charge in [0.05, 0.1) is 12.2 Å². The highest BCUT2D eigenvalue weighted by molar-refractivity contribution is 6.40. The van der Waals surface area contributed by atoms with Gasteiger partial charge >= 0.3 is 24.0 Å². The lowest BCUT2D eigenvalue weighted by molar-refractivity contribution is -0.192. The topological polar surface area (TPSA) is 129 Å². The zero-order chi connectivity index (χ0) is 25.4. The maximum Gasteiger partial charge on any atom is 0.490 e. The van der Waals surface area contributed by atoms with Gasteiger partial charge in [0.15, 0.2) is 5.65 Å². The van der Waals surface area contributed by atoms with Crippen molar-refractivity contribution < 1.29 is 32.7 Å². The number of carbonyl (C=O) groups excluding carboxylic acids is 2. The summed E-state index contributed by atoms with van der Waals surface area (Å²) in [6.07, 6.45) is 2.02. The number of carboxylic acids is 1. The van der Waals surface area contributed by atoms with Crippen molar-refractivity contribution in [2.24, 2.45) is 0 Å². The number of aliphatic carboxylic acids is 1. The average molecular weight is 492 g/mol. The number of amides is 2. The molecule has 35 heavy (non-hydrogen) atoms. The van der Waals surface area contributed by atoms with E-state index in [9.17, 15) is 22.8 Å². The third-order valence-corrected chi connectivity index (χ3v) is 5.20. The SMILES string of the molecule is O=C(NCC(c1ccccc1)N1CCCC1)C(=O)Nc1cnn2cccnc12.O=C(O)C(F)(F)F. The van der Waals surface area contributed by atoms with E-state index in [1.165, 1.54) is 10.7 Å². The highest BCUT2D eigenvalue weighted by Crippen LogP contribution is 2.24. The number of fused-ring (bicyclic) bond motifs is 1. The fourth-order valence-corrected chi connectivity index (χ4v) is 3.55. The third kappa shape index (κ3) is 6.99. The molecule has 0 aliphatic carbocycles. The van der Waals surface area contributed by atoms with Crippen LogP contribution in [0, 0.1) is 0 Å². The summed E-state index contributed by atoms with van der Waals surface area (Å²) >= 11 is 0. The first-order valence-electron chi connectivity index (χ1n) is 10.6. The van der Waals surface area contributed by atoms with Gasteiger partial charge in [-0.1, -0.05) is 30.3 Å². The molecule has 2 aromatic heterocycles. The quantitative estimate of drug-likeness (QED) is 0.466. The second-order valence-corrected chi connectivity index (χ2v) is 7.58. The standard InChI is InChI=1S/C20H22N6O2.C2HF3O2/c27-19(20(28)24-16-13-23-26-12-6-9-21-18(16)26)22-14-17(25-10-4-5-11-25)15-7-2-1-3-8-15;3-2(4,5)1(6)7/h1-3,6-9,12-13,17H,4-5,10-11,14H2,(H,22,27)(H,24,28);(H,6,7). The molecule has 0 bridgehead atoms. The largest absolute Gasteiger partial charge is 0.490 e. The second-order valence-electron chi connectivity index (χ2n) is 7.58. The minimum Gasteiger partial charge on any atom is -0.475 e. The fraction of sp³-hybridized carbons (Fsp3) is 0.318. The van der Waals surface area contributed by atoms with Crippen LogP contribution < -0.4 is 10.6 Å². The van der Waals surface area contributed by atoms with E-state index >= 15 is 0 Å². The van der Waals surface area contributed by atoms with Crippen LogP contribution in [0.1, 0.15) is 24.4 Å². The first-order valence-corrected chi connectivity index (χ1v) is 10.6. The number of nitrogens with zero attached hydrogens (tertiary/aromatic N) is 4. The Kier molecular flexibility index (Phi) is 8.36. The van der Waals surface area contributed by atoms with Crippen LogP contribution in [0.4, 0.5) is 18.9 Å². The van der Waals surface area contributed by atoms with E-state index in [1.807, 2.05) is 18.2 Å². The number of likely N-dealkylation sites (tertiary alicyclic amines) is 1. The van der Waals surface area contributed by atoms with Crippen molar-refractivity contribution >= 4 is 29.1 Å². The number of carbonyl (C=O) groups is 3. The normalized spacial score (nSPS) is 14.6. The van der Waals surface area contributed by atoms with Crippen LogP contribution in [0.5, 0.6) is 0 Å². The van der Waals surface area contributed by atoms with Gasteiger partial charge in [0.25, 0.3) is 0 Å². The molecule has 186 valence electrons. The van der Waals surface area contributed by atoms with Crippen molar-refractivity contribution in [1.82, 2.24) is 24.8 Å². The number of benzene rings is 1. The van der Waals surface area contributed by atoms with Crippen molar-refractivity contribution in [1.29, 1.82) is 0 Å². The maximum absolute atomic E-state index is 12.4. The lowest BCUT2D eigenvalue weighted by Gasteiger charge is -2.28. The molecular formula is C22H23F3N6O4. The van der Waals surface area contributed by atoms with E-state index in [0.29, 0.717) is 17.9 Å². The van der Waals surface area contributed by atoms with Crippen molar-refractivity contribution in [2.45, 2.75) is 25.1 Å². The number of anilines is 1. The summed E-state index contributed by atoms with van der Waals surface area (Å²) in [5, 5.41) is 16.6. The summed E-state index contributed by atoms with van der Waals surface area (Å²) < 4.78 is 33.3. The van der Waals surface area contributed by atoms with Crippen LogP contribution >= 0.6 is 0 Å². The fourth-order valence-electron chi connectivity index (χ4n) is 3.55. The van der Waals surface area contributed by atoms with Crippen molar-refractivity contribution in [2.75, 3.05) is 25.0 Å². The van der Waals surface area contributed by atoms with Crippen molar-refractivity contribution in [3.8, 4) is 0 Å². The number of alkyl halides is 3. The molecule has 1 aliphatic rings. The van der Waals surface area contributed by atoms with E-state index in [0.717, 1.165) is 31.5 Å². The Bertz CT molecular complexity index is 1160. The van der Waals surface area contributed by atoms with Gasteiger partial charge < -0.3 is 15.7 Å². The van der Waals surface area contributed by atoms with Crippen LogP contribution in [0.2, 0.25) is 0 Å². The molecular weight excluding hydrogens is 469 g/mol. The van der Waals surface area contributed by atoms with Crippen molar-refractivity contribution in [3.63, 3.8) is 0 Å². The highest BCUT2D eigenvalue weighted by Gasteiger charge is 2.38. The van der Waals surface area contributed by atoms with Crippen molar-refractivity contribution in [3.05, 3.63) is 60.6 Å². The van der Waals surface area contributed by atoms with E-state index in [-0.39, 0.29) is 6.04 Å². The molecule has 1 fully saturated rings. The highest BCUT2D eigenvalue weighted by atomic mass is 19.4. The maximum atomic E-state index is 12.4. The van der Waals surface area contributed by atoms with Crippen LogP contribution in [-0.4, -0.2) is 68.2 Å². The number of carboxylic acid groups (broad SMARTS) is 1. The summed E-state index contributed by atoms with van der Waals surface area (Å²) in [4.78, 5) is 40.1. The average Bonchev–Trinajstić information content (AvgIpc) is 3.50. The molecule has 2 amide bonds. The van der Waals surface area contributed by atoms with E-state index in [4.69, 9.17) is 9.90 Å². The van der Waals surface area contributed by atoms with Gasteiger partial charge in [-0.15, -0.1) is 0 Å². The molecule has 1 saturated heterocycles. The third-order valence-electron chi connectivity index (χ3n) is 5.20. The Balaban J connectivity index is 0.000000429. The molecule has 10 nitrogen and oxygen atoms in total. The van der Waals surface area contributed by atoms with Crippen LogP contribution in [0.3, 0.4) is 0 Å². The second kappa shape index (κ2) is 11.4. The lowest BCUT2D eigenvalue weighted by atomic mass is 10.1. The Morgan fingerprint density at radius 3 is 2.34 bits per heavy atom. The zero-order valence-electron chi connectivity index (χ0n) is 18.4. The van der Waals surface area contributed by atoms with E-state index < -0.39 is 24.0 Å². The molecule has 1 aromatic carbocycles. The molecule has 4 rings (SSSR count). The van der Waals surface area contributed by atoms with Gasteiger partial charge in [-0.25, -0.2) is 14.3 Å².